The molecule has 2 rings (SSSR count). The van der Waals surface area contributed by atoms with Crippen LogP contribution in [0.15, 0.2) is 48.5 Å². The Bertz CT molecular complexity index is 963. The van der Waals surface area contributed by atoms with E-state index in [-0.39, 0.29) is 17.9 Å². The summed E-state index contributed by atoms with van der Waals surface area (Å²) in [5.74, 6) is -1.51. The van der Waals surface area contributed by atoms with Crippen molar-refractivity contribution < 1.29 is 33.4 Å². The van der Waals surface area contributed by atoms with Crippen molar-refractivity contribution in [2.24, 2.45) is 0 Å². The Kier molecular flexibility index (Phi) is 9.03. The minimum Gasteiger partial charge on any atom is -0.493 e. The molecular weight excluding hydrogens is 418 g/mol. The molecule has 3 amide bonds. The zero-order chi connectivity index (χ0) is 23.5. The lowest BCUT2D eigenvalue weighted by Gasteiger charge is -2.14. The van der Waals surface area contributed by atoms with Gasteiger partial charge in [-0.1, -0.05) is 18.2 Å². The number of rotatable bonds is 9. The van der Waals surface area contributed by atoms with Crippen LogP contribution in [0.5, 0.6) is 11.5 Å². The first-order valence-corrected chi connectivity index (χ1v) is 9.66. The van der Waals surface area contributed by atoms with Crippen molar-refractivity contribution in [2.45, 2.75) is 19.4 Å². The van der Waals surface area contributed by atoms with Gasteiger partial charge in [0.05, 0.1) is 20.6 Å². The summed E-state index contributed by atoms with van der Waals surface area (Å²) < 4.78 is 15.1. The van der Waals surface area contributed by atoms with E-state index in [0.29, 0.717) is 17.1 Å². The number of benzene rings is 2. The lowest BCUT2D eigenvalue weighted by molar-refractivity contribution is -0.149. The Morgan fingerprint density at radius 2 is 1.53 bits per heavy atom. The molecule has 2 aromatic rings. The van der Waals surface area contributed by atoms with Crippen LogP contribution in [-0.2, 0) is 14.3 Å². The molecule has 0 fully saturated rings. The van der Waals surface area contributed by atoms with Crippen molar-refractivity contribution in [3.63, 3.8) is 0 Å². The van der Waals surface area contributed by atoms with Gasteiger partial charge in [-0.2, -0.15) is 0 Å². The summed E-state index contributed by atoms with van der Waals surface area (Å²) in [4.78, 5) is 48.0. The molecule has 32 heavy (non-hydrogen) atoms. The number of amides is 3. The van der Waals surface area contributed by atoms with Gasteiger partial charge in [-0.15, -0.1) is 0 Å². The summed E-state index contributed by atoms with van der Waals surface area (Å²) in [5.41, 5.74) is 5.06. The minimum absolute atomic E-state index is 0.121. The zero-order valence-corrected chi connectivity index (χ0v) is 18.0. The van der Waals surface area contributed by atoms with Crippen LogP contribution in [0.1, 0.15) is 34.1 Å². The molecule has 10 nitrogen and oxygen atoms in total. The fourth-order valence-corrected chi connectivity index (χ4v) is 2.61. The number of carbonyl (C=O) groups excluding carboxylic acids is 4. The second-order valence-electron chi connectivity index (χ2n) is 6.68. The molecule has 3 N–H and O–H groups in total. The van der Waals surface area contributed by atoms with E-state index >= 15 is 0 Å². The number of hydrazine groups is 1. The maximum atomic E-state index is 12.2. The molecule has 0 aromatic heterocycles. The van der Waals surface area contributed by atoms with Crippen molar-refractivity contribution in [2.75, 3.05) is 20.8 Å². The van der Waals surface area contributed by atoms with Crippen molar-refractivity contribution in [3.8, 4) is 11.5 Å². The third kappa shape index (κ3) is 7.31. The molecular formula is C22H25N3O7. The first kappa shape index (κ1) is 24.2. The van der Waals surface area contributed by atoms with Crippen molar-refractivity contribution in [3.05, 3.63) is 59.7 Å². The molecule has 0 bridgehead atoms. The van der Waals surface area contributed by atoms with Gasteiger partial charge >= 0.3 is 5.97 Å². The van der Waals surface area contributed by atoms with Crippen LogP contribution in [-0.4, -0.2) is 50.6 Å². The lowest BCUT2D eigenvalue weighted by atomic mass is 10.2. The highest BCUT2D eigenvalue weighted by atomic mass is 16.5. The SMILES string of the molecule is COc1ccc(C(=O)NNC(=O)COC(=O)CC(C)NC(=O)c2ccccc2)cc1OC. The van der Waals surface area contributed by atoms with Gasteiger partial charge in [0.2, 0.25) is 0 Å². The van der Waals surface area contributed by atoms with E-state index < -0.39 is 30.4 Å². The van der Waals surface area contributed by atoms with Crippen molar-refractivity contribution >= 4 is 23.7 Å². The Morgan fingerprint density at radius 3 is 2.19 bits per heavy atom. The van der Waals surface area contributed by atoms with Crippen LogP contribution in [0.4, 0.5) is 0 Å². The monoisotopic (exact) mass is 443 g/mol. The van der Waals surface area contributed by atoms with Crippen molar-refractivity contribution in [1.29, 1.82) is 0 Å². The Morgan fingerprint density at radius 1 is 0.844 bits per heavy atom. The molecule has 0 saturated heterocycles. The van der Waals surface area contributed by atoms with Crippen LogP contribution >= 0.6 is 0 Å². The van der Waals surface area contributed by atoms with E-state index in [0.717, 1.165) is 0 Å². The third-order valence-electron chi connectivity index (χ3n) is 4.21. The van der Waals surface area contributed by atoms with Gasteiger partial charge in [0, 0.05) is 17.2 Å². The van der Waals surface area contributed by atoms with Crippen LogP contribution in [0.25, 0.3) is 0 Å². The molecule has 0 aliphatic rings. The summed E-state index contributed by atoms with van der Waals surface area (Å²) in [5, 5.41) is 2.67. The summed E-state index contributed by atoms with van der Waals surface area (Å²) >= 11 is 0. The molecule has 0 radical (unpaired) electrons. The molecule has 0 aliphatic heterocycles. The topological polar surface area (TPSA) is 132 Å². The maximum Gasteiger partial charge on any atom is 0.308 e. The highest BCUT2D eigenvalue weighted by Crippen LogP contribution is 2.27. The van der Waals surface area contributed by atoms with E-state index in [1.807, 2.05) is 0 Å². The number of nitrogens with one attached hydrogen (secondary N) is 3. The van der Waals surface area contributed by atoms with Gasteiger partial charge in [-0.25, -0.2) is 0 Å². The van der Waals surface area contributed by atoms with Gasteiger partial charge in [0.1, 0.15) is 0 Å². The molecule has 10 heteroatoms. The van der Waals surface area contributed by atoms with Crippen LogP contribution in [0.2, 0.25) is 0 Å². The standard InChI is InChI=1S/C22H25N3O7/c1-14(23-21(28)15-7-5-4-6-8-15)11-20(27)32-13-19(26)24-25-22(29)16-9-10-17(30-2)18(12-16)31-3/h4-10,12,14H,11,13H2,1-3H3,(H,23,28)(H,24,26)(H,25,29). The molecule has 0 heterocycles. The van der Waals surface area contributed by atoms with E-state index in [9.17, 15) is 19.2 Å². The van der Waals surface area contributed by atoms with Gasteiger partial charge in [0.25, 0.3) is 17.7 Å². The van der Waals surface area contributed by atoms with Gasteiger partial charge in [-0.3, -0.25) is 30.0 Å². The molecule has 2 aromatic carbocycles. The molecule has 170 valence electrons. The summed E-state index contributed by atoms with van der Waals surface area (Å²) in [6.45, 7) is 1.05. The first-order valence-electron chi connectivity index (χ1n) is 9.66. The highest BCUT2D eigenvalue weighted by Gasteiger charge is 2.16. The van der Waals surface area contributed by atoms with Gasteiger partial charge in [-0.05, 0) is 37.3 Å². The number of methoxy groups -OCH3 is 2. The smallest absolute Gasteiger partial charge is 0.308 e. The lowest BCUT2D eigenvalue weighted by Crippen LogP contribution is -2.43. The summed E-state index contributed by atoms with van der Waals surface area (Å²) in [6, 6.07) is 12.6. The number of esters is 1. The normalized spacial score (nSPS) is 11.0. The Balaban J connectivity index is 1.72. The van der Waals surface area contributed by atoms with E-state index in [1.54, 1.807) is 43.3 Å². The average Bonchev–Trinajstić information content (AvgIpc) is 2.81. The van der Waals surface area contributed by atoms with Gasteiger partial charge < -0.3 is 19.5 Å². The molecule has 0 spiro atoms. The fourth-order valence-electron chi connectivity index (χ4n) is 2.61. The zero-order valence-electron chi connectivity index (χ0n) is 18.0. The third-order valence-corrected chi connectivity index (χ3v) is 4.21. The second kappa shape index (κ2) is 11.9. The second-order valence-corrected chi connectivity index (χ2v) is 6.68. The average molecular weight is 443 g/mol. The van der Waals surface area contributed by atoms with E-state index in [4.69, 9.17) is 14.2 Å². The van der Waals surface area contributed by atoms with Crippen molar-refractivity contribution in [1.82, 2.24) is 16.2 Å². The van der Waals surface area contributed by atoms with Crippen LogP contribution < -0.4 is 25.6 Å². The number of carbonyl (C=O) groups is 4. The first-order chi connectivity index (χ1) is 15.3. The summed E-state index contributed by atoms with van der Waals surface area (Å²) in [6.07, 6.45) is -0.121. The van der Waals surface area contributed by atoms with Crippen LogP contribution in [0.3, 0.4) is 0 Å². The molecule has 1 atom stereocenters. The van der Waals surface area contributed by atoms with E-state index in [2.05, 4.69) is 16.2 Å². The summed E-state index contributed by atoms with van der Waals surface area (Å²) in [7, 11) is 2.90. The predicted molar refractivity (Wildman–Crippen MR) is 114 cm³/mol. The quantitative estimate of drug-likeness (QED) is 0.392. The molecule has 1 unspecified atom stereocenters. The molecule has 0 saturated carbocycles. The predicted octanol–water partition coefficient (Wildman–Crippen LogP) is 1.22. The Hall–Kier alpha value is -4.08. The van der Waals surface area contributed by atoms with Gasteiger partial charge in [0.15, 0.2) is 18.1 Å². The molecule has 0 aliphatic carbocycles. The Labute approximate surface area is 185 Å². The number of ether oxygens (including phenoxy) is 3. The number of hydrogen-bond donors (Lipinski definition) is 3. The van der Waals surface area contributed by atoms with Crippen LogP contribution in [0, 0.1) is 0 Å². The fraction of sp³-hybridized carbons (Fsp3) is 0.273. The minimum atomic E-state index is -0.729. The maximum absolute atomic E-state index is 12.2. The van der Waals surface area contributed by atoms with E-state index in [1.165, 1.54) is 26.4 Å². The largest absolute Gasteiger partial charge is 0.493 e. The highest BCUT2D eigenvalue weighted by molar-refractivity contribution is 5.96. The number of hydrogen-bond acceptors (Lipinski definition) is 7.